The van der Waals surface area contributed by atoms with E-state index >= 15 is 0 Å². The number of halogens is 1. The standard InChI is InChI=1S/C14H23BrN2O/c1-14(2,3)17-8-7-16-10-11-9-12(18-4)5-6-13(11)15/h5-6,9,16-17H,7-8,10H2,1-4H3. The Kier molecular flexibility index (Phi) is 6.12. The first-order valence-corrected chi connectivity index (χ1v) is 7.00. The van der Waals surface area contributed by atoms with Crippen molar-refractivity contribution in [3.8, 4) is 5.75 Å². The summed E-state index contributed by atoms with van der Waals surface area (Å²) < 4.78 is 6.33. The van der Waals surface area contributed by atoms with E-state index in [9.17, 15) is 0 Å². The van der Waals surface area contributed by atoms with Gasteiger partial charge in [0.25, 0.3) is 0 Å². The van der Waals surface area contributed by atoms with Crippen LogP contribution >= 0.6 is 15.9 Å². The number of methoxy groups -OCH3 is 1. The van der Waals surface area contributed by atoms with E-state index in [1.54, 1.807) is 7.11 Å². The van der Waals surface area contributed by atoms with Gasteiger partial charge < -0.3 is 15.4 Å². The lowest BCUT2D eigenvalue weighted by atomic mass is 10.1. The zero-order chi connectivity index (χ0) is 13.6. The normalized spacial score (nSPS) is 11.6. The molecular formula is C14H23BrN2O. The molecule has 4 heteroatoms. The molecule has 102 valence electrons. The molecule has 0 saturated heterocycles. The summed E-state index contributed by atoms with van der Waals surface area (Å²) in [6.07, 6.45) is 0. The van der Waals surface area contributed by atoms with Crippen molar-refractivity contribution >= 4 is 15.9 Å². The summed E-state index contributed by atoms with van der Waals surface area (Å²) in [5.41, 5.74) is 1.39. The van der Waals surface area contributed by atoms with Gasteiger partial charge in [-0.1, -0.05) is 15.9 Å². The smallest absolute Gasteiger partial charge is 0.119 e. The van der Waals surface area contributed by atoms with Crippen molar-refractivity contribution in [3.05, 3.63) is 28.2 Å². The molecule has 0 aliphatic carbocycles. The van der Waals surface area contributed by atoms with Gasteiger partial charge >= 0.3 is 0 Å². The van der Waals surface area contributed by atoms with Crippen molar-refractivity contribution in [2.45, 2.75) is 32.9 Å². The van der Waals surface area contributed by atoms with Gasteiger partial charge in [-0.3, -0.25) is 0 Å². The monoisotopic (exact) mass is 314 g/mol. The van der Waals surface area contributed by atoms with Crippen molar-refractivity contribution in [2.24, 2.45) is 0 Å². The van der Waals surface area contributed by atoms with Crippen LogP contribution in [-0.4, -0.2) is 25.7 Å². The third kappa shape index (κ3) is 5.85. The first-order chi connectivity index (χ1) is 8.42. The van der Waals surface area contributed by atoms with Crippen LogP contribution in [-0.2, 0) is 6.54 Å². The summed E-state index contributed by atoms with van der Waals surface area (Å²) >= 11 is 3.55. The van der Waals surface area contributed by atoms with Crippen LogP contribution in [0.1, 0.15) is 26.3 Å². The second-order valence-electron chi connectivity index (χ2n) is 5.31. The van der Waals surface area contributed by atoms with Gasteiger partial charge in [-0.15, -0.1) is 0 Å². The lowest BCUT2D eigenvalue weighted by molar-refractivity contribution is 0.413. The van der Waals surface area contributed by atoms with E-state index in [1.807, 2.05) is 18.2 Å². The van der Waals surface area contributed by atoms with Crippen LogP contribution in [0, 0.1) is 0 Å². The van der Waals surface area contributed by atoms with Gasteiger partial charge in [-0.25, -0.2) is 0 Å². The highest BCUT2D eigenvalue weighted by Crippen LogP contribution is 2.22. The summed E-state index contributed by atoms with van der Waals surface area (Å²) in [7, 11) is 1.69. The lowest BCUT2D eigenvalue weighted by Gasteiger charge is -2.20. The zero-order valence-corrected chi connectivity index (χ0v) is 13.2. The fraction of sp³-hybridized carbons (Fsp3) is 0.571. The maximum atomic E-state index is 5.22. The minimum atomic E-state index is 0.179. The molecular weight excluding hydrogens is 292 g/mol. The first-order valence-electron chi connectivity index (χ1n) is 6.20. The molecule has 1 rings (SSSR count). The molecule has 0 spiro atoms. The SMILES string of the molecule is COc1ccc(Br)c(CNCCNC(C)(C)C)c1. The van der Waals surface area contributed by atoms with Gasteiger partial charge in [0.1, 0.15) is 5.75 Å². The topological polar surface area (TPSA) is 33.3 Å². The number of rotatable bonds is 6. The van der Waals surface area contributed by atoms with Crippen LogP contribution < -0.4 is 15.4 Å². The molecule has 0 unspecified atom stereocenters. The molecule has 0 atom stereocenters. The molecule has 2 N–H and O–H groups in total. The summed E-state index contributed by atoms with van der Waals surface area (Å²) in [6.45, 7) is 9.26. The number of ether oxygens (including phenoxy) is 1. The van der Waals surface area contributed by atoms with E-state index in [0.717, 1.165) is 29.9 Å². The molecule has 0 radical (unpaired) electrons. The van der Waals surface area contributed by atoms with Crippen LogP contribution in [0.3, 0.4) is 0 Å². The fourth-order valence-electron chi connectivity index (χ4n) is 1.56. The highest BCUT2D eigenvalue weighted by Gasteiger charge is 2.07. The van der Waals surface area contributed by atoms with Gasteiger partial charge in [-0.05, 0) is 44.5 Å². The average Bonchev–Trinajstić information content (AvgIpc) is 2.29. The minimum Gasteiger partial charge on any atom is -0.497 e. The Balaban J connectivity index is 2.35. The molecule has 0 amide bonds. The summed E-state index contributed by atoms with van der Waals surface area (Å²) in [6, 6.07) is 6.02. The van der Waals surface area contributed by atoms with E-state index in [0.29, 0.717) is 0 Å². The summed E-state index contributed by atoms with van der Waals surface area (Å²) in [5.74, 6) is 0.891. The van der Waals surface area contributed by atoms with Gasteiger partial charge in [0.05, 0.1) is 7.11 Å². The molecule has 1 aromatic rings. The Labute approximate surface area is 118 Å². The van der Waals surface area contributed by atoms with Crippen molar-refractivity contribution in [2.75, 3.05) is 20.2 Å². The molecule has 0 fully saturated rings. The van der Waals surface area contributed by atoms with Crippen LogP contribution in [0.25, 0.3) is 0 Å². The van der Waals surface area contributed by atoms with Crippen molar-refractivity contribution in [1.82, 2.24) is 10.6 Å². The Morgan fingerprint density at radius 2 is 1.94 bits per heavy atom. The molecule has 0 aliphatic heterocycles. The van der Waals surface area contributed by atoms with Gasteiger partial charge in [-0.2, -0.15) is 0 Å². The van der Waals surface area contributed by atoms with Crippen molar-refractivity contribution < 1.29 is 4.74 Å². The van der Waals surface area contributed by atoms with Crippen LogP contribution in [0.5, 0.6) is 5.75 Å². The summed E-state index contributed by atoms with van der Waals surface area (Å²) in [4.78, 5) is 0. The molecule has 0 aliphatic rings. The fourth-order valence-corrected chi connectivity index (χ4v) is 1.95. The third-order valence-electron chi connectivity index (χ3n) is 2.53. The average molecular weight is 315 g/mol. The predicted octanol–water partition coefficient (Wildman–Crippen LogP) is 2.94. The second-order valence-corrected chi connectivity index (χ2v) is 6.17. The molecule has 0 saturated carbocycles. The molecule has 0 heterocycles. The molecule has 18 heavy (non-hydrogen) atoms. The van der Waals surface area contributed by atoms with Gasteiger partial charge in [0.2, 0.25) is 0 Å². The maximum Gasteiger partial charge on any atom is 0.119 e. The Morgan fingerprint density at radius 1 is 1.22 bits per heavy atom. The largest absolute Gasteiger partial charge is 0.497 e. The van der Waals surface area contributed by atoms with Crippen LogP contribution in [0.2, 0.25) is 0 Å². The number of hydrogen-bond acceptors (Lipinski definition) is 3. The molecule has 0 aromatic heterocycles. The van der Waals surface area contributed by atoms with E-state index in [2.05, 4.69) is 47.3 Å². The predicted molar refractivity (Wildman–Crippen MR) is 80.2 cm³/mol. The quantitative estimate of drug-likeness (QED) is 0.792. The number of hydrogen-bond donors (Lipinski definition) is 2. The van der Waals surface area contributed by atoms with E-state index in [4.69, 9.17) is 4.74 Å². The lowest BCUT2D eigenvalue weighted by Crippen LogP contribution is -2.40. The first kappa shape index (κ1) is 15.5. The van der Waals surface area contributed by atoms with Gasteiger partial charge in [0.15, 0.2) is 0 Å². The zero-order valence-electron chi connectivity index (χ0n) is 11.6. The van der Waals surface area contributed by atoms with E-state index in [1.165, 1.54) is 5.56 Å². The van der Waals surface area contributed by atoms with Crippen molar-refractivity contribution in [1.29, 1.82) is 0 Å². The van der Waals surface area contributed by atoms with Crippen molar-refractivity contribution in [3.63, 3.8) is 0 Å². The van der Waals surface area contributed by atoms with Crippen LogP contribution in [0.4, 0.5) is 0 Å². The number of nitrogens with one attached hydrogen (secondary N) is 2. The minimum absolute atomic E-state index is 0.179. The second kappa shape index (κ2) is 7.12. The maximum absolute atomic E-state index is 5.22. The molecule has 1 aromatic carbocycles. The Bertz CT molecular complexity index is 375. The highest BCUT2D eigenvalue weighted by atomic mass is 79.9. The Morgan fingerprint density at radius 3 is 2.56 bits per heavy atom. The van der Waals surface area contributed by atoms with Crippen LogP contribution in [0.15, 0.2) is 22.7 Å². The van der Waals surface area contributed by atoms with E-state index in [-0.39, 0.29) is 5.54 Å². The van der Waals surface area contributed by atoms with Gasteiger partial charge in [0, 0.05) is 29.6 Å². The van der Waals surface area contributed by atoms with E-state index < -0.39 is 0 Å². The molecule has 0 bridgehead atoms. The molecule has 3 nitrogen and oxygen atoms in total. The number of benzene rings is 1. The Hall–Kier alpha value is -0.580. The summed E-state index contributed by atoms with van der Waals surface area (Å²) in [5, 5.41) is 6.86. The third-order valence-corrected chi connectivity index (χ3v) is 3.30. The highest BCUT2D eigenvalue weighted by molar-refractivity contribution is 9.10.